The molecule has 1 N–H and O–H groups in total. The molecule has 1 heterocycles. The number of rotatable bonds is 3. The predicted octanol–water partition coefficient (Wildman–Crippen LogP) is 1.84. The lowest BCUT2D eigenvalue weighted by Gasteiger charge is -2.18. The second-order valence-corrected chi connectivity index (χ2v) is 5.34. The van der Waals surface area contributed by atoms with Gasteiger partial charge in [-0.3, -0.25) is 9.63 Å². The van der Waals surface area contributed by atoms with Crippen LogP contribution in [0.4, 0.5) is 0 Å². The zero-order chi connectivity index (χ0) is 11.5. The first-order valence-electron chi connectivity index (χ1n) is 4.75. The molecule has 0 atom stereocenters. The first kappa shape index (κ1) is 12.1. The average molecular weight is 228 g/mol. The lowest BCUT2D eigenvalue weighted by molar-refractivity contribution is -0.144. The van der Waals surface area contributed by atoms with E-state index in [0.717, 1.165) is 10.7 Å². The molecule has 4 nitrogen and oxygen atoms in total. The number of carbonyl (C=O) groups excluding carboxylic acids is 1. The molecule has 0 spiro atoms. The van der Waals surface area contributed by atoms with Gasteiger partial charge >= 0.3 is 0 Å². The maximum atomic E-state index is 11.4. The van der Waals surface area contributed by atoms with Crippen molar-refractivity contribution in [3.8, 4) is 0 Å². The number of aromatic nitrogens is 1. The molecule has 1 rings (SSSR count). The third kappa shape index (κ3) is 4.90. The Morgan fingerprint density at radius 2 is 2.27 bits per heavy atom. The van der Waals surface area contributed by atoms with E-state index < -0.39 is 0 Å². The van der Waals surface area contributed by atoms with E-state index in [9.17, 15) is 4.79 Å². The Balaban J connectivity index is 2.37. The summed E-state index contributed by atoms with van der Waals surface area (Å²) in [5.41, 5.74) is 2.82. The number of amides is 1. The largest absolute Gasteiger partial charge is 0.272 e. The fourth-order valence-corrected chi connectivity index (χ4v) is 1.51. The van der Waals surface area contributed by atoms with Crippen LogP contribution in [0.25, 0.3) is 0 Å². The van der Waals surface area contributed by atoms with Crippen LogP contribution in [-0.4, -0.2) is 16.5 Å². The van der Waals surface area contributed by atoms with E-state index in [-0.39, 0.29) is 17.9 Å². The number of hydroxylamine groups is 1. The van der Waals surface area contributed by atoms with Gasteiger partial charge in [0.05, 0.1) is 22.7 Å². The van der Waals surface area contributed by atoms with Crippen LogP contribution in [0, 0.1) is 6.92 Å². The molecular formula is C10H16N2O2S. The van der Waals surface area contributed by atoms with E-state index in [0.29, 0.717) is 0 Å². The van der Waals surface area contributed by atoms with Gasteiger partial charge < -0.3 is 0 Å². The minimum atomic E-state index is -0.367. The van der Waals surface area contributed by atoms with Crippen molar-refractivity contribution >= 4 is 17.2 Å². The van der Waals surface area contributed by atoms with E-state index in [4.69, 9.17) is 4.84 Å². The normalized spacial score (nSPS) is 11.5. The van der Waals surface area contributed by atoms with E-state index in [2.05, 4.69) is 10.5 Å². The first-order chi connectivity index (χ1) is 6.87. The summed E-state index contributed by atoms with van der Waals surface area (Å²) in [5.74, 6) is -0.171. The van der Waals surface area contributed by atoms with E-state index in [1.807, 2.05) is 33.1 Å². The van der Waals surface area contributed by atoms with Crippen molar-refractivity contribution < 1.29 is 9.63 Å². The molecule has 1 aromatic rings. The predicted molar refractivity (Wildman–Crippen MR) is 59.5 cm³/mol. The number of hydrogen-bond donors (Lipinski definition) is 1. The summed E-state index contributed by atoms with van der Waals surface area (Å²) in [7, 11) is 0. The summed E-state index contributed by atoms with van der Waals surface area (Å²) in [5, 5.41) is 2.85. The first-order valence-corrected chi connectivity index (χ1v) is 5.62. The molecule has 84 valence electrons. The van der Waals surface area contributed by atoms with Crippen LogP contribution in [0.15, 0.2) is 5.38 Å². The maximum absolute atomic E-state index is 11.4. The van der Waals surface area contributed by atoms with Crippen molar-refractivity contribution in [2.75, 3.05) is 0 Å². The van der Waals surface area contributed by atoms with Crippen LogP contribution in [0.5, 0.6) is 0 Å². The van der Waals surface area contributed by atoms with Gasteiger partial charge in [0.2, 0.25) is 5.91 Å². The highest BCUT2D eigenvalue weighted by Crippen LogP contribution is 2.09. The van der Waals surface area contributed by atoms with Crippen LogP contribution in [-0.2, 0) is 16.1 Å². The smallest absolute Gasteiger partial charge is 0.249 e. The van der Waals surface area contributed by atoms with Gasteiger partial charge in [0, 0.05) is 5.38 Å². The summed E-state index contributed by atoms with van der Waals surface area (Å²) in [6.07, 6.45) is 0.264. The van der Waals surface area contributed by atoms with Crippen molar-refractivity contribution in [1.82, 2.24) is 10.5 Å². The van der Waals surface area contributed by atoms with Gasteiger partial charge in [0.25, 0.3) is 0 Å². The molecule has 0 saturated heterocycles. The quantitative estimate of drug-likeness (QED) is 0.803. The molecule has 5 heteroatoms. The van der Waals surface area contributed by atoms with Gasteiger partial charge in [-0.25, -0.2) is 10.5 Å². The lowest BCUT2D eigenvalue weighted by atomic mass is 10.2. The zero-order valence-corrected chi connectivity index (χ0v) is 10.3. The van der Waals surface area contributed by atoms with Gasteiger partial charge in [-0.2, -0.15) is 0 Å². The topological polar surface area (TPSA) is 51.2 Å². The van der Waals surface area contributed by atoms with Crippen LogP contribution in [0.3, 0.4) is 0 Å². The Morgan fingerprint density at radius 1 is 1.60 bits per heavy atom. The number of nitrogens with zero attached hydrogens (tertiary/aromatic N) is 1. The van der Waals surface area contributed by atoms with Crippen LogP contribution in [0.2, 0.25) is 0 Å². The Labute approximate surface area is 93.6 Å². The standard InChI is InChI=1S/C10H16N2O2S/c1-7-11-8(6-15-7)5-9(13)12-14-10(2,3)4/h6H,5H2,1-4H3,(H,12,13). The summed E-state index contributed by atoms with van der Waals surface area (Å²) in [6.45, 7) is 7.54. The van der Waals surface area contributed by atoms with Crippen LogP contribution >= 0.6 is 11.3 Å². The van der Waals surface area contributed by atoms with Gasteiger partial charge in [0.15, 0.2) is 0 Å². The van der Waals surface area contributed by atoms with Crippen molar-refractivity contribution in [2.45, 2.75) is 39.7 Å². The minimum Gasteiger partial charge on any atom is -0.272 e. The third-order valence-electron chi connectivity index (χ3n) is 1.48. The van der Waals surface area contributed by atoms with Crippen molar-refractivity contribution in [3.63, 3.8) is 0 Å². The van der Waals surface area contributed by atoms with Crippen LogP contribution in [0.1, 0.15) is 31.5 Å². The molecule has 0 bridgehead atoms. The van der Waals surface area contributed by atoms with E-state index in [1.54, 1.807) is 0 Å². The second kappa shape index (κ2) is 4.72. The molecule has 0 aromatic carbocycles. The average Bonchev–Trinajstić information content (AvgIpc) is 2.47. The third-order valence-corrected chi connectivity index (χ3v) is 2.30. The zero-order valence-electron chi connectivity index (χ0n) is 9.46. The molecule has 0 aliphatic heterocycles. The fourth-order valence-electron chi connectivity index (χ4n) is 0.900. The number of nitrogens with one attached hydrogen (secondary N) is 1. The molecule has 0 fully saturated rings. The highest BCUT2D eigenvalue weighted by atomic mass is 32.1. The summed E-state index contributed by atoms with van der Waals surface area (Å²) < 4.78 is 0. The summed E-state index contributed by atoms with van der Waals surface area (Å²) in [6, 6.07) is 0. The molecule has 0 radical (unpaired) electrons. The van der Waals surface area contributed by atoms with E-state index in [1.165, 1.54) is 11.3 Å². The summed E-state index contributed by atoms with van der Waals surface area (Å²) >= 11 is 1.54. The Kier molecular flexibility index (Phi) is 3.82. The Hall–Kier alpha value is -0.940. The minimum absolute atomic E-state index is 0.171. The summed E-state index contributed by atoms with van der Waals surface area (Å²) in [4.78, 5) is 20.7. The van der Waals surface area contributed by atoms with E-state index >= 15 is 0 Å². The lowest BCUT2D eigenvalue weighted by Crippen LogP contribution is -2.34. The Bertz CT molecular complexity index is 341. The SMILES string of the molecule is Cc1nc(CC(=O)NOC(C)(C)C)cs1. The van der Waals surface area contributed by atoms with Gasteiger partial charge in [0.1, 0.15) is 0 Å². The highest BCUT2D eigenvalue weighted by molar-refractivity contribution is 7.09. The molecule has 0 aliphatic carbocycles. The van der Waals surface area contributed by atoms with Gasteiger partial charge in [-0.1, -0.05) is 0 Å². The molecule has 0 unspecified atom stereocenters. The van der Waals surface area contributed by atoms with Crippen LogP contribution < -0.4 is 5.48 Å². The maximum Gasteiger partial charge on any atom is 0.249 e. The van der Waals surface area contributed by atoms with Gasteiger partial charge in [-0.15, -0.1) is 11.3 Å². The van der Waals surface area contributed by atoms with Crippen molar-refractivity contribution in [3.05, 3.63) is 16.1 Å². The number of carbonyl (C=O) groups is 1. The van der Waals surface area contributed by atoms with Crippen molar-refractivity contribution in [1.29, 1.82) is 0 Å². The Morgan fingerprint density at radius 3 is 2.73 bits per heavy atom. The fraction of sp³-hybridized carbons (Fsp3) is 0.600. The number of aryl methyl sites for hydroxylation is 1. The monoisotopic (exact) mass is 228 g/mol. The molecule has 0 aliphatic rings. The van der Waals surface area contributed by atoms with Crippen molar-refractivity contribution in [2.24, 2.45) is 0 Å². The molecule has 0 saturated carbocycles. The number of hydrogen-bond acceptors (Lipinski definition) is 4. The molecule has 15 heavy (non-hydrogen) atoms. The van der Waals surface area contributed by atoms with Gasteiger partial charge in [-0.05, 0) is 27.7 Å². The molecular weight excluding hydrogens is 212 g/mol. The second-order valence-electron chi connectivity index (χ2n) is 4.27. The highest BCUT2D eigenvalue weighted by Gasteiger charge is 2.13. The number of thiazole rings is 1. The molecule has 1 aromatic heterocycles. The molecule has 1 amide bonds.